The van der Waals surface area contributed by atoms with Gasteiger partial charge in [-0.15, -0.1) is 0 Å². The Morgan fingerprint density at radius 3 is 2.88 bits per heavy atom. The number of hydrogen-bond donors (Lipinski definition) is 1. The molecule has 1 saturated heterocycles. The second-order valence-corrected chi connectivity index (χ2v) is 4.28. The zero-order chi connectivity index (χ0) is 11.6. The molecule has 5 heteroatoms. The highest BCUT2D eigenvalue weighted by atomic mass is 16.5. The third-order valence-corrected chi connectivity index (χ3v) is 3.44. The topological polar surface area (TPSA) is 52.0 Å². The fourth-order valence-corrected chi connectivity index (χ4v) is 2.40. The maximum atomic E-state index is 5.99. The molecule has 0 aliphatic carbocycles. The van der Waals surface area contributed by atoms with Gasteiger partial charge in [-0.1, -0.05) is 13.8 Å². The summed E-state index contributed by atoms with van der Waals surface area (Å²) in [5.74, 6) is 0.839. The molecule has 0 saturated carbocycles. The lowest BCUT2D eigenvalue weighted by atomic mass is 9.86. The van der Waals surface area contributed by atoms with E-state index in [4.69, 9.17) is 4.74 Å². The SMILES string of the molecule is CCC1(CC)OCCNC1c1ncn(C)n1. The summed E-state index contributed by atoms with van der Waals surface area (Å²) in [4.78, 5) is 4.34. The second-order valence-electron chi connectivity index (χ2n) is 4.28. The van der Waals surface area contributed by atoms with Crippen LogP contribution >= 0.6 is 0 Å². The van der Waals surface area contributed by atoms with Crippen LogP contribution < -0.4 is 5.32 Å². The van der Waals surface area contributed by atoms with Crippen LogP contribution in [0, 0.1) is 0 Å². The van der Waals surface area contributed by atoms with Crippen LogP contribution in [0.25, 0.3) is 0 Å². The van der Waals surface area contributed by atoms with E-state index in [0.29, 0.717) is 0 Å². The highest BCUT2D eigenvalue weighted by Crippen LogP contribution is 2.35. The van der Waals surface area contributed by atoms with Crippen molar-refractivity contribution < 1.29 is 4.74 Å². The normalized spacial score (nSPS) is 24.6. The van der Waals surface area contributed by atoms with Gasteiger partial charge in [0.15, 0.2) is 5.82 Å². The molecule has 1 aliphatic heterocycles. The third kappa shape index (κ3) is 1.85. The molecule has 0 spiro atoms. The van der Waals surface area contributed by atoms with E-state index in [9.17, 15) is 0 Å². The van der Waals surface area contributed by atoms with Crippen LogP contribution in [0.5, 0.6) is 0 Å². The zero-order valence-corrected chi connectivity index (χ0v) is 10.2. The van der Waals surface area contributed by atoms with Gasteiger partial charge >= 0.3 is 0 Å². The van der Waals surface area contributed by atoms with Crippen molar-refractivity contribution in [1.82, 2.24) is 20.1 Å². The van der Waals surface area contributed by atoms with Gasteiger partial charge in [0.1, 0.15) is 6.33 Å². The number of nitrogens with zero attached hydrogens (tertiary/aromatic N) is 3. The molecule has 16 heavy (non-hydrogen) atoms. The summed E-state index contributed by atoms with van der Waals surface area (Å²) in [6.45, 7) is 5.95. The molecule has 1 fully saturated rings. The summed E-state index contributed by atoms with van der Waals surface area (Å²) in [5, 5.41) is 7.87. The molecule has 1 aromatic rings. The van der Waals surface area contributed by atoms with E-state index in [1.807, 2.05) is 7.05 Å². The van der Waals surface area contributed by atoms with E-state index in [0.717, 1.165) is 31.8 Å². The molecular formula is C11H20N4O. The van der Waals surface area contributed by atoms with Crippen LogP contribution in [-0.2, 0) is 11.8 Å². The van der Waals surface area contributed by atoms with E-state index in [2.05, 4.69) is 29.2 Å². The summed E-state index contributed by atoms with van der Waals surface area (Å²) in [6, 6.07) is 0.109. The molecule has 0 bridgehead atoms. The lowest BCUT2D eigenvalue weighted by Crippen LogP contribution is -2.52. The van der Waals surface area contributed by atoms with Crippen molar-refractivity contribution in [1.29, 1.82) is 0 Å². The Balaban J connectivity index is 2.29. The molecule has 90 valence electrons. The van der Waals surface area contributed by atoms with Gasteiger partial charge in [0, 0.05) is 13.6 Å². The zero-order valence-electron chi connectivity index (χ0n) is 10.2. The maximum absolute atomic E-state index is 5.99. The van der Waals surface area contributed by atoms with Crippen LogP contribution in [0.4, 0.5) is 0 Å². The average molecular weight is 224 g/mol. The number of nitrogens with one attached hydrogen (secondary N) is 1. The Bertz CT molecular complexity index is 346. The quantitative estimate of drug-likeness (QED) is 0.833. The molecule has 1 aliphatic rings. The summed E-state index contributed by atoms with van der Waals surface area (Å²) in [7, 11) is 1.89. The molecule has 0 amide bonds. The predicted molar refractivity (Wildman–Crippen MR) is 61.0 cm³/mol. The van der Waals surface area contributed by atoms with Crippen molar-refractivity contribution in [3.05, 3.63) is 12.2 Å². The molecule has 1 N–H and O–H groups in total. The lowest BCUT2D eigenvalue weighted by molar-refractivity contribution is -0.105. The molecular weight excluding hydrogens is 204 g/mol. The van der Waals surface area contributed by atoms with Crippen LogP contribution in [0.3, 0.4) is 0 Å². The van der Waals surface area contributed by atoms with Crippen molar-refractivity contribution in [2.75, 3.05) is 13.2 Å². The van der Waals surface area contributed by atoms with E-state index < -0.39 is 0 Å². The lowest BCUT2D eigenvalue weighted by Gasteiger charge is -2.42. The Morgan fingerprint density at radius 1 is 1.56 bits per heavy atom. The standard InChI is InChI=1S/C11H20N4O/c1-4-11(5-2)9(12-6-7-16-11)10-13-8-15(3)14-10/h8-9,12H,4-7H2,1-3H3. The Hall–Kier alpha value is -0.940. The number of aromatic nitrogens is 3. The number of aryl methyl sites for hydroxylation is 1. The highest BCUT2D eigenvalue weighted by molar-refractivity contribution is 5.05. The molecule has 0 radical (unpaired) electrons. The molecule has 5 nitrogen and oxygen atoms in total. The highest BCUT2D eigenvalue weighted by Gasteiger charge is 2.42. The van der Waals surface area contributed by atoms with Crippen LogP contribution in [0.1, 0.15) is 38.6 Å². The minimum absolute atomic E-state index is 0.109. The summed E-state index contributed by atoms with van der Waals surface area (Å²) in [6.07, 6.45) is 3.68. The van der Waals surface area contributed by atoms with E-state index in [1.54, 1.807) is 11.0 Å². The van der Waals surface area contributed by atoms with Crippen molar-refractivity contribution in [2.24, 2.45) is 7.05 Å². The van der Waals surface area contributed by atoms with Crippen molar-refractivity contribution in [3.8, 4) is 0 Å². The monoisotopic (exact) mass is 224 g/mol. The first kappa shape index (κ1) is 11.5. The number of ether oxygens (including phenoxy) is 1. The van der Waals surface area contributed by atoms with Crippen molar-refractivity contribution >= 4 is 0 Å². The average Bonchev–Trinajstić information content (AvgIpc) is 2.75. The molecule has 2 rings (SSSR count). The first-order valence-electron chi connectivity index (χ1n) is 5.94. The van der Waals surface area contributed by atoms with Gasteiger partial charge in [-0.05, 0) is 12.8 Å². The van der Waals surface area contributed by atoms with Gasteiger partial charge in [0.2, 0.25) is 0 Å². The number of morpholine rings is 1. The van der Waals surface area contributed by atoms with Gasteiger partial charge in [-0.2, -0.15) is 5.10 Å². The largest absolute Gasteiger partial charge is 0.372 e. The van der Waals surface area contributed by atoms with E-state index in [1.165, 1.54) is 0 Å². The third-order valence-electron chi connectivity index (χ3n) is 3.44. The fourth-order valence-electron chi connectivity index (χ4n) is 2.40. The second kappa shape index (κ2) is 4.51. The van der Waals surface area contributed by atoms with Gasteiger partial charge in [-0.25, -0.2) is 4.98 Å². The van der Waals surface area contributed by atoms with Crippen LogP contribution in [-0.4, -0.2) is 33.5 Å². The molecule has 2 heterocycles. The van der Waals surface area contributed by atoms with Gasteiger partial charge in [0.25, 0.3) is 0 Å². The van der Waals surface area contributed by atoms with E-state index in [-0.39, 0.29) is 11.6 Å². The summed E-state index contributed by atoms with van der Waals surface area (Å²) in [5.41, 5.74) is -0.153. The molecule has 1 unspecified atom stereocenters. The summed E-state index contributed by atoms with van der Waals surface area (Å²) < 4.78 is 7.73. The first-order chi connectivity index (χ1) is 7.72. The van der Waals surface area contributed by atoms with Gasteiger partial charge in [-0.3, -0.25) is 4.68 Å². The van der Waals surface area contributed by atoms with Crippen LogP contribution in [0.2, 0.25) is 0 Å². The predicted octanol–water partition coefficient (Wildman–Crippen LogP) is 1.03. The minimum atomic E-state index is -0.153. The van der Waals surface area contributed by atoms with Crippen molar-refractivity contribution in [3.63, 3.8) is 0 Å². The number of hydrogen-bond acceptors (Lipinski definition) is 4. The minimum Gasteiger partial charge on any atom is -0.372 e. The van der Waals surface area contributed by atoms with E-state index >= 15 is 0 Å². The Labute approximate surface area is 96.2 Å². The molecule has 0 aromatic carbocycles. The molecule has 1 atom stereocenters. The molecule has 1 aromatic heterocycles. The Morgan fingerprint density at radius 2 is 2.31 bits per heavy atom. The van der Waals surface area contributed by atoms with Gasteiger partial charge in [0.05, 0.1) is 18.2 Å². The maximum Gasteiger partial charge on any atom is 0.170 e. The number of rotatable bonds is 3. The van der Waals surface area contributed by atoms with Crippen LogP contribution in [0.15, 0.2) is 6.33 Å². The Kier molecular flexibility index (Phi) is 3.25. The van der Waals surface area contributed by atoms with Crippen molar-refractivity contribution in [2.45, 2.75) is 38.3 Å². The first-order valence-corrected chi connectivity index (χ1v) is 5.94. The smallest absolute Gasteiger partial charge is 0.170 e. The fraction of sp³-hybridized carbons (Fsp3) is 0.818. The summed E-state index contributed by atoms with van der Waals surface area (Å²) >= 11 is 0. The van der Waals surface area contributed by atoms with Gasteiger partial charge < -0.3 is 10.1 Å².